The summed E-state index contributed by atoms with van der Waals surface area (Å²) in [6, 6.07) is 0.414. The van der Waals surface area contributed by atoms with Gasteiger partial charge in [-0.2, -0.15) is 0 Å². The third-order valence-corrected chi connectivity index (χ3v) is 2.95. The first-order valence-corrected chi connectivity index (χ1v) is 5.93. The Labute approximate surface area is 96.7 Å². The number of nitrogens with one attached hydrogen (secondary N) is 2. The fourth-order valence-electron chi connectivity index (χ4n) is 2.10. The van der Waals surface area contributed by atoms with Crippen molar-refractivity contribution in [2.75, 3.05) is 6.54 Å². The van der Waals surface area contributed by atoms with Gasteiger partial charge in [-0.1, -0.05) is 18.2 Å². The Kier molecular flexibility index (Phi) is 3.57. The average molecular weight is 217 g/mol. The molecule has 1 aromatic rings. The Morgan fingerprint density at radius 1 is 1.50 bits per heavy atom. The van der Waals surface area contributed by atoms with E-state index in [0.717, 1.165) is 18.1 Å². The Balaban J connectivity index is 2.18. The quantitative estimate of drug-likeness (QED) is 0.764. The maximum atomic E-state index is 4.46. The minimum Gasteiger partial charge on any atom is -0.341 e. The molecule has 1 aliphatic rings. The van der Waals surface area contributed by atoms with Gasteiger partial charge in [0.15, 0.2) is 0 Å². The van der Waals surface area contributed by atoms with Gasteiger partial charge in [0.05, 0.1) is 17.9 Å². The second-order valence-electron chi connectivity index (χ2n) is 4.08. The SMILES string of the molecule is C/C=C\C(=C/C)c1cnc([C@@H]2CCCN2)[nH]1. The minimum atomic E-state index is 0.414. The van der Waals surface area contributed by atoms with Gasteiger partial charge in [0, 0.05) is 0 Å². The van der Waals surface area contributed by atoms with E-state index in [4.69, 9.17) is 0 Å². The van der Waals surface area contributed by atoms with E-state index in [1.165, 1.54) is 18.4 Å². The van der Waals surface area contributed by atoms with E-state index in [1.54, 1.807) is 0 Å². The molecule has 0 unspecified atom stereocenters. The van der Waals surface area contributed by atoms with E-state index in [-0.39, 0.29) is 0 Å². The van der Waals surface area contributed by atoms with Gasteiger partial charge in [-0.25, -0.2) is 4.98 Å². The maximum Gasteiger partial charge on any atom is 0.123 e. The van der Waals surface area contributed by atoms with Gasteiger partial charge in [0.1, 0.15) is 5.82 Å². The standard InChI is InChI=1S/C13H19N3/c1-3-6-10(4-2)12-9-15-13(16-12)11-7-5-8-14-11/h3-4,6,9,11,14H,5,7-8H2,1-2H3,(H,15,16)/b6-3-,10-4+/t11-/m0/s1. The number of aromatic nitrogens is 2. The number of imidazole rings is 1. The van der Waals surface area contributed by atoms with Crippen LogP contribution in [0.4, 0.5) is 0 Å². The lowest BCUT2D eigenvalue weighted by atomic mass is 10.2. The third-order valence-electron chi connectivity index (χ3n) is 2.95. The molecule has 3 nitrogen and oxygen atoms in total. The van der Waals surface area contributed by atoms with Crippen molar-refractivity contribution >= 4 is 5.57 Å². The Hall–Kier alpha value is -1.35. The van der Waals surface area contributed by atoms with E-state index in [2.05, 4.69) is 27.4 Å². The highest BCUT2D eigenvalue weighted by atomic mass is 15.0. The van der Waals surface area contributed by atoms with Gasteiger partial charge < -0.3 is 10.3 Å². The number of aromatic amines is 1. The van der Waals surface area contributed by atoms with E-state index < -0.39 is 0 Å². The molecule has 0 bridgehead atoms. The Bertz CT molecular complexity index is 395. The lowest BCUT2D eigenvalue weighted by Crippen LogP contribution is -2.14. The highest BCUT2D eigenvalue weighted by Gasteiger charge is 2.19. The van der Waals surface area contributed by atoms with Crippen LogP contribution in [-0.2, 0) is 0 Å². The van der Waals surface area contributed by atoms with Crippen molar-refractivity contribution in [1.82, 2.24) is 15.3 Å². The molecule has 1 fully saturated rings. The molecule has 0 spiro atoms. The number of hydrogen-bond acceptors (Lipinski definition) is 2. The molecular formula is C13H19N3. The van der Waals surface area contributed by atoms with Gasteiger partial charge in [-0.15, -0.1) is 0 Å². The Morgan fingerprint density at radius 2 is 2.38 bits per heavy atom. The lowest BCUT2D eigenvalue weighted by Gasteiger charge is -2.05. The summed E-state index contributed by atoms with van der Waals surface area (Å²) < 4.78 is 0. The number of allylic oxidation sites excluding steroid dienone is 4. The second kappa shape index (κ2) is 5.12. The molecule has 1 aromatic heterocycles. The normalized spacial score (nSPS) is 22.1. The Morgan fingerprint density at radius 3 is 3.00 bits per heavy atom. The highest BCUT2D eigenvalue weighted by molar-refractivity contribution is 5.70. The first-order valence-electron chi connectivity index (χ1n) is 5.93. The zero-order valence-electron chi connectivity index (χ0n) is 9.96. The van der Waals surface area contributed by atoms with Crippen LogP contribution in [0.1, 0.15) is 44.2 Å². The summed E-state index contributed by atoms with van der Waals surface area (Å²) in [6.07, 6.45) is 10.6. The van der Waals surface area contributed by atoms with Crippen LogP contribution in [0.15, 0.2) is 24.4 Å². The van der Waals surface area contributed by atoms with Crippen LogP contribution in [0.2, 0.25) is 0 Å². The molecule has 2 heterocycles. The molecule has 0 amide bonds. The molecular weight excluding hydrogens is 198 g/mol. The smallest absolute Gasteiger partial charge is 0.123 e. The van der Waals surface area contributed by atoms with Gasteiger partial charge in [-0.3, -0.25) is 0 Å². The average Bonchev–Trinajstić information content (AvgIpc) is 2.95. The van der Waals surface area contributed by atoms with Crippen LogP contribution in [0.25, 0.3) is 5.57 Å². The summed E-state index contributed by atoms with van der Waals surface area (Å²) in [5, 5.41) is 3.44. The molecule has 0 aliphatic carbocycles. The fraction of sp³-hybridized carbons (Fsp3) is 0.462. The van der Waals surface area contributed by atoms with Crippen molar-refractivity contribution < 1.29 is 0 Å². The molecule has 16 heavy (non-hydrogen) atoms. The molecule has 1 atom stereocenters. The maximum absolute atomic E-state index is 4.46. The molecule has 86 valence electrons. The van der Waals surface area contributed by atoms with Gasteiger partial charge in [0.2, 0.25) is 0 Å². The minimum absolute atomic E-state index is 0.414. The summed E-state index contributed by atoms with van der Waals surface area (Å²) in [6.45, 7) is 5.18. The topological polar surface area (TPSA) is 40.7 Å². The monoisotopic (exact) mass is 217 g/mol. The van der Waals surface area contributed by atoms with Crippen LogP contribution in [0, 0.1) is 0 Å². The summed E-state index contributed by atoms with van der Waals surface area (Å²) >= 11 is 0. The van der Waals surface area contributed by atoms with E-state index in [0.29, 0.717) is 6.04 Å². The first-order chi connectivity index (χ1) is 7.85. The fourth-order valence-corrected chi connectivity index (χ4v) is 2.10. The van der Waals surface area contributed by atoms with Gasteiger partial charge >= 0.3 is 0 Å². The summed E-state index contributed by atoms with van der Waals surface area (Å²) in [7, 11) is 0. The molecule has 1 aliphatic heterocycles. The van der Waals surface area contributed by atoms with E-state index >= 15 is 0 Å². The zero-order chi connectivity index (χ0) is 11.4. The third kappa shape index (κ3) is 2.25. The van der Waals surface area contributed by atoms with Crippen LogP contribution in [-0.4, -0.2) is 16.5 Å². The highest BCUT2D eigenvalue weighted by Crippen LogP contribution is 2.22. The van der Waals surface area contributed by atoms with Crippen molar-refractivity contribution in [3.63, 3.8) is 0 Å². The van der Waals surface area contributed by atoms with E-state index in [1.807, 2.05) is 26.1 Å². The number of H-pyrrole nitrogens is 1. The number of nitrogens with zero attached hydrogens (tertiary/aromatic N) is 1. The van der Waals surface area contributed by atoms with Gasteiger partial charge in [-0.05, 0) is 38.8 Å². The summed E-state index contributed by atoms with van der Waals surface area (Å²) in [5.74, 6) is 1.07. The van der Waals surface area contributed by atoms with Crippen molar-refractivity contribution in [2.24, 2.45) is 0 Å². The van der Waals surface area contributed by atoms with Crippen LogP contribution in [0.3, 0.4) is 0 Å². The summed E-state index contributed by atoms with van der Waals surface area (Å²) in [4.78, 5) is 7.85. The predicted molar refractivity (Wildman–Crippen MR) is 67.0 cm³/mol. The van der Waals surface area contributed by atoms with Crippen LogP contribution < -0.4 is 5.32 Å². The lowest BCUT2D eigenvalue weighted by molar-refractivity contribution is 0.612. The largest absolute Gasteiger partial charge is 0.341 e. The number of rotatable bonds is 3. The van der Waals surface area contributed by atoms with E-state index in [9.17, 15) is 0 Å². The molecule has 3 heteroatoms. The predicted octanol–water partition coefficient (Wildman–Crippen LogP) is 2.81. The molecule has 0 aromatic carbocycles. The molecule has 1 saturated heterocycles. The van der Waals surface area contributed by atoms with Crippen molar-refractivity contribution in [1.29, 1.82) is 0 Å². The molecule has 2 rings (SSSR count). The first kappa shape index (κ1) is 11.1. The zero-order valence-corrected chi connectivity index (χ0v) is 9.96. The van der Waals surface area contributed by atoms with Crippen molar-refractivity contribution in [3.8, 4) is 0 Å². The van der Waals surface area contributed by atoms with Crippen molar-refractivity contribution in [3.05, 3.63) is 35.9 Å². The van der Waals surface area contributed by atoms with Crippen molar-refractivity contribution in [2.45, 2.75) is 32.7 Å². The summed E-state index contributed by atoms with van der Waals surface area (Å²) in [5.41, 5.74) is 2.29. The van der Waals surface area contributed by atoms with Crippen LogP contribution in [0.5, 0.6) is 0 Å². The van der Waals surface area contributed by atoms with Gasteiger partial charge in [0.25, 0.3) is 0 Å². The molecule has 0 saturated carbocycles. The molecule has 0 radical (unpaired) electrons. The number of hydrogen-bond donors (Lipinski definition) is 2. The molecule has 2 N–H and O–H groups in total. The van der Waals surface area contributed by atoms with Crippen LogP contribution >= 0.6 is 0 Å². The second-order valence-corrected chi connectivity index (χ2v) is 4.08.